The highest BCUT2D eigenvalue weighted by Crippen LogP contribution is 2.19. The fourth-order valence-corrected chi connectivity index (χ4v) is 2.51. The van der Waals surface area contributed by atoms with Gasteiger partial charge in [0.25, 0.3) is 5.91 Å². The van der Waals surface area contributed by atoms with Crippen molar-refractivity contribution in [1.29, 1.82) is 0 Å². The first-order valence-corrected chi connectivity index (χ1v) is 8.40. The van der Waals surface area contributed by atoms with E-state index >= 15 is 0 Å². The largest absolute Gasteiger partial charge is 0.450 e. The number of carbonyl (C=O) groups is 2. The van der Waals surface area contributed by atoms with E-state index in [0.717, 1.165) is 24.6 Å². The second-order valence-corrected chi connectivity index (χ2v) is 6.52. The minimum atomic E-state index is -0.631. The van der Waals surface area contributed by atoms with Crippen molar-refractivity contribution in [1.82, 2.24) is 5.32 Å². The molecule has 0 radical (unpaired) electrons. The summed E-state index contributed by atoms with van der Waals surface area (Å²) in [5.74, 6) is -0.156. The van der Waals surface area contributed by atoms with Crippen molar-refractivity contribution in [2.24, 2.45) is 5.92 Å². The SMILES string of the molecule is CC(C)CCCC(C)NC(=O)COC(=O)c1cc2ccccc2o1. The minimum absolute atomic E-state index is 0.0705. The highest BCUT2D eigenvalue weighted by Gasteiger charge is 2.16. The van der Waals surface area contributed by atoms with E-state index in [4.69, 9.17) is 9.15 Å². The van der Waals surface area contributed by atoms with Crippen molar-refractivity contribution in [2.75, 3.05) is 6.61 Å². The van der Waals surface area contributed by atoms with E-state index in [1.54, 1.807) is 12.1 Å². The fourth-order valence-electron chi connectivity index (χ4n) is 2.51. The molecule has 0 saturated carbocycles. The lowest BCUT2D eigenvalue weighted by Crippen LogP contribution is -2.35. The average molecular weight is 331 g/mol. The van der Waals surface area contributed by atoms with Crippen molar-refractivity contribution in [3.8, 4) is 0 Å². The Balaban J connectivity index is 1.75. The van der Waals surface area contributed by atoms with Crippen LogP contribution >= 0.6 is 0 Å². The van der Waals surface area contributed by atoms with Gasteiger partial charge in [-0.1, -0.05) is 44.9 Å². The smallest absolute Gasteiger partial charge is 0.374 e. The molecule has 0 saturated heterocycles. The molecule has 1 unspecified atom stereocenters. The topological polar surface area (TPSA) is 68.5 Å². The predicted molar refractivity (Wildman–Crippen MR) is 92.8 cm³/mol. The molecule has 0 fully saturated rings. The highest BCUT2D eigenvalue weighted by atomic mass is 16.5. The van der Waals surface area contributed by atoms with Crippen molar-refractivity contribution in [3.63, 3.8) is 0 Å². The molecule has 1 heterocycles. The van der Waals surface area contributed by atoms with Crippen molar-refractivity contribution < 1.29 is 18.7 Å². The number of hydrogen-bond acceptors (Lipinski definition) is 4. The number of ether oxygens (including phenoxy) is 1. The molecule has 0 spiro atoms. The fraction of sp³-hybridized carbons (Fsp3) is 0.474. The molecule has 24 heavy (non-hydrogen) atoms. The molecule has 0 aliphatic rings. The number of hydrogen-bond donors (Lipinski definition) is 1. The molecule has 1 amide bonds. The van der Waals surface area contributed by atoms with E-state index < -0.39 is 5.97 Å². The Kier molecular flexibility index (Phi) is 6.41. The third kappa shape index (κ3) is 5.41. The van der Waals surface area contributed by atoms with Crippen LogP contribution in [-0.4, -0.2) is 24.5 Å². The van der Waals surface area contributed by atoms with E-state index in [1.165, 1.54) is 0 Å². The van der Waals surface area contributed by atoms with Crippen LogP contribution in [0.1, 0.15) is 50.6 Å². The van der Waals surface area contributed by atoms with Gasteiger partial charge >= 0.3 is 5.97 Å². The third-order valence-electron chi connectivity index (χ3n) is 3.79. The molecular weight excluding hydrogens is 306 g/mol. The zero-order chi connectivity index (χ0) is 17.5. The van der Waals surface area contributed by atoms with Gasteiger partial charge in [0.2, 0.25) is 5.76 Å². The number of furan rings is 1. The van der Waals surface area contributed by atoms with Gasteiger partial charge in [-0.2, -0.15) is 0 Å². The molecule has 0 aliphatic heterocycles. The number of rotatable bonds is 8. The Morgan fingerprint density at radius 1 is 1.17 bits per heavy atom. The summed E-state index contributed by atoms with van der Waals surface area (Å²) in [5, 5.41) is 3.67. The molecule has 0 bridgehead atoms. The molecule has 5 nitrogen and oxygen atoms in total. The summed E-state index contributed by atoms with van der Waals surface area (Å²) < 4.78 is 10.4. The second-order valence-electron chi connectivity index (χ2n) is 6.52. The maximum absolute atomic E-state index is 12.0. The molecule has 130 valence electrons. The van der Waals surface area contributed by atoms with Gasteiger partial charge in [-0.15, -0.1) is 0 Å². The van der Waals surface area contributed by atoms with Gasteiger partial charge in [0.15, 0.2) is 6.61 Å². The number of carbonyl (C=O) groups excluding carboxylic acids is 2. The van der Waals surface area contributed by atoms with Gasteiger partial charge in [-0.3, -0.25) is 4.79 Å². The summed E-state index contributed by atoms with van der Waals surface area (Å²) in [5.41, 5.74) is 0.618. The van der Waals surface area contributed by atoms with E-state index in [-0.39, 0.29) is 24.3 Å². The van der Waals surface area contributed by atoms with E-state index in [2.05, 4.69) is 19.2 Å². The maximum atomic E-state index is 12.0. The summed E-state index contributed by atoms with van der Waals surface area (Å²) in [6.45, 7) is 6.02. The van der Waals surface area contributed by atoms with Crippen molar-refractivity contribution >= 4 is 22.8 Å². The molecule has 1 aromatic heterocycles. The standard InChI is InChI=1S/C19H25NO4/c1-13(2)7-6-8-14(3)20-18(21)12-23-19(22)17-11-15-9-4-5-10-16(15)24-17/h4-5,9-11,13-14H,6-8,12H2,1-3H3,(H,20,21). The first kappa shape index (κ1) is 18.0. The van der Waals surface area contributed by atoms with Crippen LogP contribution in [0.25, 0.3) is 11.0 Å². The normalized spacial score (nSPS) is 12.3. The number of esters is 1. The molecule has 5 heteroatoms. The molecule has 2 aromatic rings. The van der Waals surface area contributed by atoms with Crippen LogP contribution in [-0.2, 0) is 9.53 Å². The number of para-hydroxylation sites is 1. The van der Waals surface area contributed by atoms with Gasteiger partial charge in [-0.05, 0) is 31.4 Å². The van der Waals surface area contributed by atoms with E-state index in [1.807, 2.05) is 25.1 Å². The summed E-state index contributed by atoms with van der Waals surface area (Å²) in [7, 11) is 0. The van der Waals surface area contributed by atoms with Crippen molar-refractivity contribution in [2.45, 2.75) is 46.1 Å². The van der Waals surface area contributed by atoms with Gasteiger partial charge in [0, 0.05) is 11.4 Å². The zero-order valence-corrected chi connectivity index (χ0v) is 14.5. The lowest BCUT2D eigenvalue weighted by Gasteiger charge is -2.14. The van der Waals surface area contributed by atoms with Crippen LogP contribution in [0.2, 0.25) is 0 Å². The van der Waals surface area contributed by atoms with E-state index in [0.29, 0.717) is 11.5 Å². The molecule has 2 rings (SSSR count). The Labute approximate surface area is 142 Å². The lowest BCUT2D eigenvalue weighted by atomic mass is 10.0. The van der Waals surface area contributed by atoms with Crippen LogP contribution in [0.5, 0.6) is 0 Å². The van der Waals surface area contributed by atoms with E-state index in [9.17, 15) is 9.59 Å². The van der Waals surface area contributed by atoms with Crippen LogP contribution in [0.3, 0.4) is 0 Å². The summed E-state index contributed by atoms with van der Waals surface area (Å²) in [6.07, 6.45) is 3.13. The van der Waals surface area contributed by atoms with Crippen LogP contribution in [0.4, 0.5) is 0 Å². The highest BCUT2D eigenvalue weighted by molar-refractivity contribution is 5.93. The molecule has 1 aromatic carbocycles. The Bertz CT molecular complexity index is 656. The monoisotopic (exact) mass is 331 g/mol. The van der Waals surface area contributed by atoms with Crippen molar-refractivity contribution in [3.05, 3.63) is 36.1 Å². The van der Waals surface area contributed by atoms with Crippen LogP contribution in [0, 0.1) is 5.92 Å². The Morgan fingerprint density at radius 2 is 1.92 bits per heavy atom. The maximum Gasteiger partial charge on any atom is 0.374 e. The lowest BCUT2D eigenvalue weighted by molar-refractivity contribution is -0.124. The summed E-state index contributed by atoms with van der Waals surface area (Å²) in [6, 6.07) is 9.00. The molecule has 1 atom stereocenters. The van der Waals surface area contributed by atoms with Gasteiger partial charge in [-0.25, -0.2) is 4.79 Å². The number of benzene rings is 1. The first-order valence-electron chi connectivity index (χ1n) is 8.40. The summed E-state index contributed by atoms with van der Waals surface area (Å²) in [4.78, 5) is 23.8. The number of nitrogens with one attached hydrogen (secondary N) is 1. The number of fused-ring (bicyclic) bond motifs is 1. The summed E-state index contributed by atoms with van der Waals surface area (Å²) >= 11 is 0. The third-order valence-corrected chi connectivity index (χ3v) is 3.79. The molecule has 0 aliphatic carbocycles. The quantitative estimate of drug-likeness (QED) is 0.744. The second kappa shape index (κ2) is 8.52. The zero-order valence-electron chi connectivity index (χ0n) is 14.5. The predicted octanol–water partition coefficient (Wildman–Crippen LogP) is 3.92. The Morgan fingerprint density at radius 3 is 2.62 bits per heavy atom. The Hall–Kier alpha value is -2.30. The molecular formula is C19H25NO4. The van der Waals surface area contributed by atoms with Gasteiger partial charge in [0.1, 0.15) is 5.58 Å². The van der Waals surface area contributed by atoms with Crippen LogP contribution in [0.15, 0.2) is 34.7 Å². The number of amides is 1. The molecule has 1 N–H and O–H groups in total. The van der Waals surface area contributed by atoms with Gasteiger partial charge < -0.3 is 14.5 Å². The first-order chi connectivity index (χ1) is 11.5. The van der Waals surface area contributed by atoms with Crippen LogP contribution < -0.4 is 5.32 Å². The minimum Gasteiger partial charge on any atom is -0.450 e. The van der Waals surface area contributed by atoms with Gasteiger partial charge in [0.05, 0.1) is 0 Å². The average Bonchev–Trinajstić information content (AvgIpc) is 2.96.